The smallest absolute Gasteiger partial charge is 0.151 e. The third-order valence-electron chi connectivity index (χ3n) is 2.41. The zero-order chi connectivity index (χ0) is 13.5. The Morgan fingerprint density at radius 3 is 2.79 bits per heavy atom. The number of aromatic nitrogens is 2. The minimum atomic E-state index is 0.652. The van der Waals surface area contributed by atoms with E-state index in [1.54, 1.807) is 12.4 Å². The summed E-state index contributed by atoms with van der Waals surface area (Å²) in [7, 11) is 0. The first-order valence-electron chi connectivity index (χ1n) is 6.37. The second kappa shape index (κ2) is 6.58. The number of nitrogens with one attached hydrogen (secondary N) is 2. The van der Waals surface area contributed by atoms with E-state index in [2.05, 4.69) is 20.6 Å². The highest BCUT2D eigenvalue weighted by Gasteiger charge is 2.00. The van der Waals surface area contributed by atoms with Gasteiger partial charge >= 0.3 is 0 Å². The van der Waals surface area contributed by atoms with Gasteiger partial charge in [-0.3, -0.25) is 4.98 Å². The summed E-state index contributed by atoms with van der Waals surface area (Å²) < 4.78 is 5.46. The van der Waals surface area contributed by atoms with Crippen molar-refractivity contribution >= 4 is 17.3 Å². The van der Waals surface area contributed by atoms with E-state index in [4.69, 9.17) is 4.74 Å². The van der Waals surface area contributed by atoms with E-state index in [9.17, 15) is 0 Å². The van der Waals surface area contributed by atoms with Crippen LogP contribution in [0.25, 0.3) is 0 Å². The molecule has 2 N–H and O–H groups in total. The minimum Gasteiger partial charge on any atom is -0.494 e. The van der Waals surface area contributed by atoms with Crippen molar-refractivity contribution in [2.24, 2.45) is 0 Å². The summed E-state index contributed by atoms with van der Waals surface area (Å²) in [5.41, 5.74) is 0.925. The predicted octanol–water partition coefficient (Wildman–Crippen LogP) is 3.05. The Bertz CT molecular complexity index is 483. The lowest BCUT2D eigenvalue weighted by molar-refractivity contribution is 0.340. The first kappa shape index (κ1) is 13.1. The van der Waals surface area contributed by atoms with Crippen molar-refractivity contribution < 1.29 is 4.74 Å². The van der Waals surface area contributed by atoms with E-state index in [1.807, 2.05) is 38.1 Å². The molecule has 1 aromatic heterocycles. The molecule has 0 fully saturated rings. The largest absolute Gasteiger partial charge is 0.494 e. The van der Waals surface area contributed by atoms with Crippen LogP contribution in [0.15, 0.2) is 36.7 Å². The van der Waals surface area contributed by atoms with E-state index in [0.717, 1.165) is 23.8 Å². The van der Waals surface area contributed by atoms with Crippen molar-refractivity contribution in [2.45, 2.75) is 13.8 Å². The summed E-state index contributed by atoms with van der Waals surface area (Å²) in [6.45, 7) is 5.45. The monoisotopic (exact) mass is 258 g/mol. The molecule has 2 rings (SSSR count). The van der Waals surface area contributed by atoms with Crippen LogP contribution in [0.5, 0.6) is 5.75 Å². The van der Waals surface area contributed by atoms with Crippen molar-refractivity contribution in [3.05, 3.63) is 36.7 Å². The van der Waals surface area contributed by atoms with Gasteiger partial charge < -0.3 is 15.4 Å². The second-order valence-electron chi connectivity index (χ2n) is 3.91. The van der Waals surface area contributed by atoms with Gasteiger partial charge in [-0.2, -0.15) is 0 Å². The van der Waals surface area contributed by atoms with Gasteiger partial charge in [0.15, 0.2) is 5.82 Å². The first-order chi connectivity index (χ1) is 9.31. The molecule has 2 aromatic rings. The zero-order valence-electron chi connectivity index (χ0n) is 11.2. The molecule has 1 aromatic carbocycles. The number of anilines is 3. The number of benzene rings is 1. The maximum Gasteiger partial charge on any atom is 0.151 e. The lowest BCUT2D eigenvalue weighted by Gasteiger charge is -2.09. The molecule has 0 saturated carbocycles. The standard InChI is InChI=1S/C14H18N4O/c1-3-16-13-9-15-10-14(18-13)17-11-6-5-7-12(8-11)19-4-2/h5-10H,3-4H2,1-2H3,(H2,16,17,18). The van der Waals surface area contributed by atoms with E-state index in [0.29, 0.717) is 12.4 Å². The lowest BCUT2D eigenvalue weighted by Crippen LogP contribution is -2.02. The van der Waals surface area contributed by atoms with Crippen LogP contribution in [0.1, 0.15) is 13.8 Å². The average Bonchev–Trinajstić information content (AvgIpc) is 2.40. The van der Waals surface area contributed by atoms with Crippen molar-refractivity contribution in [2.75, 3.05) is 23.8 Å². The molecule has 0 aliphatic rings. The van der Waals surface area contributed by atoms with Crippen LogP contribution in [0.3, 0.4) is 0 Å². The number of hydrogen-bond acceptors (Lipinski definition) is 5. The van der Waals surface area contributed by atoms with Crippen molar-refractivity contribution in [1.82, 2.24) is 9.97 Å². The molecule has 0 radical (unpaired) electrons. The molecule has 100 valence electrons. The summed E-state index contributed by atoms with van der Waals surface area (Å²) in [6.07, 6.45) is 3.39. The fraction of sp³-hybridized carbons (Fsp3) is 0.286. The van der Waals surface area contributed by atoms with E-state index in [-0.39, 0.29) is 0 Å². The number of ether oxygens (including phenoxy) is 1. The maximum absolute atomic E-state index is 5.46. The van der Waals surface area contributed by atoms with Crippen molar-refractivity contribution in [3.8, 4) is 5.75 Å². The molecule has 5 heteroatoms. The molecule has 0 amide bonds. The molecule has 0 atom stereocenters. The topological polar surface area (TPSA) is 59.1 Å². The fourth-order valence-corrected chi connectivity index (χ4v) is 1.67. The average molecular weight is 258 g/mol. The van der Waals surface area contributed by atoms with Crippen LogP contribution in [0.4, 0.5) is 17.3 Å². The molecule has 0 bridgehead atoms. The molecule has 1 heterocycles. The summed E-state index contributed by atoms with van der Waals surface area (Å²) in [5.74, 6) is 2.30. The third kappa shape index (κ3) is 3.84. The molecule has 19 heavy (non-hydrogen) atoms. The van der Waals surface area contributed by atoms with Gasteiger partial charge in [0, 0.05) is 18.3 Å². The van der Waals surface area contributed by atoms with Crippen LogP contribution in [-0.2, 0) is 0 Å². The molecule has 0 unspecified atom stereocenters. The van der Waals surface area contributed by atoms with Gasteiger partial charge in [0.1, 0.15) is 11.6 Å². The maximum atomic E-state index is 5.46. The van der Waals surface area contributed by atoms with Crippen molar-refractivity contribution in [1.29, 1.82) is 0 Å². The van der Waals surface area contributed by atoms with Crippen LogP contribution in [0.2, 0.25) is 0 Å². The first-order valence-corrected chi connectivity index (χ1v) is 6.37. The van der Waals surface area contributed by atoms with Crippen LogP contribution in [0, 0.1) is 0 Å². The summed E-state index contributed by atoms with van der Waals surface area (Å²) in [5, 5.41) is 6.33. The molecular weight excluding hydrogens is 240 g/mol. The Kier molecular flexibility index (Phi) is 4.55. The highest BCUT2D eigenvalue weighted by atomic mass is 16.5. The molecule has 5 nitrogen and oxygen atoms in total. The van der Waals surface area contributed by atoms with Gasteiger partial charge in [-0.1, -0.05) is 6.07 Å². The van der Waals surface area contributed by atoms with Gasteiger partial charge in [-0.05, 0) is 26.0 Å². The summed E-state index contributed by atoms with van der Waals surface area (Å²) >= 11 is 0. The normalized spacial score (nSPS) is 10.0. The molecule has 0 saturated heterocycles. The molecule has 0 aliphatic carbocycles. The van der Waals surface area contributed by atoms with Crippen molar-refractivity contribution in [3.63, 3.8) is 0 Å². The Morgan fingerprint density at radius 2 is 2.00 bits per heavy atom. The number of rotatable bonds is 6. The van der Waals surface area contributed by atoms with Crippen LogP contribution in [-0.4, -0.2) is 23.1 Å². The molecule has 0 spiro atoms. The Morgan fingerprint density at radius 1 is 1.16 bits per heavy atom. The third-order valence-corrected chi connectivity index (χ3v) is 2.41. The van der Waals surface area contributed by atoms with E-state index >= 15 is 0 Å². The summed E-state index contributed by atoms with van der Waals surface area (Å²) in [6, 6.07) is 7.76. The van der Waals surface area contributed by atoms with Gasteiger partial charge in [0.05, 0.1) is 19.0 Å². The SMILES string of the molecule is CCNc1cncc(Nc2cccc(OCC)c2)n1. The van der Waals surface area contributed by atoms with Crippen LogP contribution >= 0.6 is 0 Å². The quantitative estimate of drug-likeness (QED) is 0.834. The van der Waals surface area contributed by atoms with Gasteiger partial charge in [-0.25, -0.2) is 4.98 Å². The Balaban J connectivity index is 2.11. The van der Waals surface area contributed by atoms with Crippen LogP contribution < -0.4 is 15.4 Å². The lowest BCUT2D eigenvalue weighted by atomic mass is 10.3. The molecule has 0 aliphatic heterocycles. The molecular formula is C14H18N4O. The van der Waals surface area contributed by atoms with Gasteiger partial charge in [-0.15, -0.1) is 0 Å². The van der Waals surface area contributed by atoms with Gasteiger partial charge in [0.25, 0.3) is 0 Å². The number of hydrogen-bond donors (Lipinski definition) is 2. The zero-order valence-corrected chi connectivity index (χ0v) is 11.2. The summed E-state index contributed by atoms with van der Waals surface area (Å²) in [4.78, 5) is 8.55. The second-order valence-corrected chi connectivity index (χ2v) is 3.91. The highest BCUT2D eigenvalue weighted by Crippen LogP contribution is 2.20. The fourth-order valence-electron chi connectivity index (χ4n) is 1.67. The Labute approximate surface area is 113 Å². The van der Waals surface area contributed by atoms with E-state index < -0.39 is 0 Å². The predicted molar refractivity (Wildman–Crippen MR) is 77.1 cm³/mol. The Hall–Kier alpha value is -2.30. The number of nitrogens with zero attached hydrogens (tertiary/aromatic N) is 2. The van der Waals surface area contributed by atoms with E-state index in [1.165, 1.54) is 0 Å². The van der Waals surface area contributed by atoms with Gasteiger partial charge in [0.2, 0.25) is 0 Å². The highest BCUT2D eigenvalue weighted by molar-refractivity contribution is 5.58. The minimum absolute atomic E-state index is 0.652.